The van der Waals surface area contributed by atoms with E-state index in [1.807, 2.05) is 0 Å². The van der Waals surface area contributed by atoms with Crippen molar-refractivity contribution in [1.82, 2.24) is 20.2 Å². The number of nitrogens with two attached hydrogens (primary N) is 1. The number of nitrogens with one attached hydrogen (secondary N) is 2. The number of nitrogen functional groups attached to an aromatic ring is 1. The van der Waals surface area contributed by atoms with Gasteiger partial charge in [0, 0.05) is 43.3 Å². The Kier molecular flexibility index (Phi) is 4.13. The van der Waals surface area contributed by atoms with Gasteiger partial charge in [-0.25, -0.2) is 9.37 Å². The summed E-state index contributed by atoms with van der Waals surface area (Å²) in [6, 6.07) is 2.75. The number of hydrogen-bond acceptors (Lipinski definition) is 7. The Morgan fingerprint density at radius 3 is 2.93 bits per heavy atom. The zero-order chi connectivity index (χ0) is 20.2. The maximum Gasteiger partial charge on any atom is 0.222 e. The molecule has 3 aliphatic rings. The molecule has 1 fully saturated rings. The van der Waals surface area contributed by atoms with Crippen LogP contribution < -0.4 is 21.1 Å². The summed E-state index contributed by atoms with van der Waals surface area (Å²) in [6.45, 7) is 5.86. The maximum absolute atomic E-state index is 14.2. The zero-order valence-electron chi connectivity index (χ0n) is 16.6. The Bertz CT molecular complexity index is 1050. The molecule has 1 aromatic heterocycles. The van der Waals surface area contributed by atoms with Crippen molar-refractivity contribution >= 4 is 22.7 Å². The summed E-state index contributed by atoms with van der Waals surface area (Å²) in [5.41, 5.74) is 9.04. The fourth-order valence-corrected chi connectivity index (χ4v) is 4.53. The molecule has 2 atom stereocenters. The lowest BCUT2D eigenvalue weighted by Crippen LogP contribution is -2.40. The van der Waals surface area contributed by atoms with E-state index in [1.165, 1.54) is 30.5 Å². The first-order valence-electron chi connectivity index (χ1n) is 9.91. The van der Waals surface area contributed by atoms with Gasteiger partial charge in [0.2, 0.25) is 5.95 Å². The third kappa shape index (κ3) is 3.17. The molecule has 0 saturated heterocycles. The van der Waals surface area contributed by atoms with Crippen LogP contribution in [0.1, 0.15) is 13.3 Å². The van der Waals surface area contributed by atoms with Gasteiger partial charge in [0.05, 0.1) is 12.6 Å². The minimum absolute atomic E-state index is 0.119. The second-order valence-corrected chi connectivity index (χ2v) is 8.25. The van der Waals surface area contributed by atoms with Crippen LogP contribution in [0.3, 0.4) is 0 Å². The van der Waals surface area contributed by atoms with Crippen LogP contribution in [0.15, 0.2) is 35.6 Å². The molecule has 0 bridgehead atoms. The van der Waals surface area contributed by atoms with Crippen LogP contribution in [-0.2, 0) is 0 Å². The van der Waals surface area contributed by atoms with Gasteiger partial charge in [-0.05, 0) is 24.0 Å². The van der Waals surface area contributed by atoms with Gasteiger partial charge >= 0.3 is 0 Å². The van der Waals surface area contributed by atoms with E-state index in [2.05, 4.69) is 44.6 Å². The van der Waals surface area contributed by atoms with Gasteiger partial charge in [-0.1, -0.05) is 19.1 Å². The third-order valence-corrected chi connectivity index (χ3v) is 6.21. The first-order chi connectivity index (χ1) is 14.0. The summed E-state index contributed by atoms with van der Waals surface area (Å²) in [5, 5.41) is 7.65. The van der Waals surface area contributed by atoms with Gasteiger partial charge in [-0.3, -0.25) is 4.90 Å². The highest BCUT2D eigenvalue weighted by molar-refractivity contribution is 5.94. The number of methoxy groups -OCH3 is 1. The van der Waals surface area contributed by atoms with Crippen molar-refractivity contribution < 1.29 is 9.13 Å². The van der Waals surface area contributed by atoms with E-state index in [-0.39, 0.29) is 11.5 Å². The largest absolute Gasteiger partial charge is 0.494 e. The number of dihydropyridines is 1. The number of hydrogen-bond donors (Lipinski definition) is 3. The average molecular weight is 396 g/mol. The Morgan fingerprint density at radius 2 is 2.21 bits per heavy atom. The molecule has 2 aromatic rings. The highest BCUT2D eigenvalue weighted by Gasteiger charge is 2.53. The van der Waals surface area contributed by atoms with Gasteiger partial charge < -0.3 is 21.1 Å². The topological polar surface area (TPSA) is 88.3 Å². The van der Waals surface area contributed by atoms with E-state index >= 15 is 0 Å². The lowest BCUT2D eigenvalue weighted by Gasteiger charge is -2.27. The number of rotatable bonds is 5. The minimum Gasteiger partial charge on any atom is -0.494 e. The SMILES string of the molecule is COc1cc(F)cc2c(N[C@@]3(CN4CC5=C(C4)NCC=C5)CC3C)nc(N)nc12. The lowest BCUT2D eigenvalue weighted by molar-refractivity contribution is 0.311. The van der Waals surface area contributed by atoms with Crippen molar-refractivity contribution in [2.45, 2.75) is 18.9 Å². The molecule has 5 rings (SSSR count). The Hall–Kier alpha value is -2.87. The molecule has 4 N–H and O–H groups in total. The van der Waals surface area contributed by atoms with E-state index in [9.17, 15) is 4.39 Å². The Labute approximate surface area is 168 Å². The quantitative estimate of drug-likeness (QED) is 0.715. The van der Waals surface area contributed by atoms with Crippen LogP contribution in [0.5, 0.6) is 5.75 Å². The van der Waals surface area contributed by atoms with Crippen molar-refractivity contribution in [3.63, 3.8) is 0 Å². The number of halogens is 1. The number of nitrogens with zero attached hydrogens (tertiary/aromatic N) is 3. The summed E-state index contributed by atoms with van der Waals surface area (Å²) in [6.07, 6.45) is 5.40. The molecule has 7 nitrogen and oxygen atoms in total. The van der Waals surface area contributed by atoms with Crippen molar-refractivity contribution in [1.29, 1.82) is 0 Å². The number of aromatic nitrogens is 2. The van der Waals surface area contributed by atoms with Gasteiger partial charge in [-0.15, -0.1) is 0 Å². The van der Waals surface area contributed by atoms with Crippen molar-refractivity contribution in [3.8, 4) is 5.75 Å². The summed E-state index contributed by atoms with van der Waals surface area (Å²) >= 11 is 0. The van der Waals surface area contributed by atoms with E-state index < -0.39 is 5.82 Å². The molecule has 2 aliphatic heterocycles. The van der Waals surface area contributed by atoms with Crippen LogP contribution in [0.25, 0.3) is 10.9 Å². The normalized spacial score (nSPS) is 25.8. The molecule has 152 valence electrons. The number of fused-ring (bicyclic) bond motifs is 1. The highest BCUT2D eigenvalue weighted by atomic mass is 19.1. The van der Waals surface area contributed by atoms with E-state index in [4.69, 9.17) is 10.5 Å². The minimum atomic E-state index is -0.391. The zero-order valence-corrected chi connectivity index (χ0v) is 16.6. The van der Waals surface area contributed by atoms with Crippen molar-refractivity contribution in [2.24, 2.45) is 5.92 Å². The molecular formula is C21H25FN6O. The van der Waals surface area contributed by atoms with Crippen molar-refractivity contribution in [2.75, 3.05) is 44.3 Å². The number of anilines is 2. The van der Waals surface area contributed by atoms with Crippen LogP contribution in [0.4, 0.5) is 16.2 Å². The Balaban J connectivity index is 1.44. The molecule has 8 heteroatoms. The molecular weight excluding hydrogens is 371 g/mol. The number of benzene rings is 1. The molecule has 1 aromatic carbocycles. The van der Waals surface area contributed by atoms with Crippen LogP contribution >= 0.6 is 0 Å². The average Bonchev–Trinajstić information content (AvgIpc) is 3.11. The lowest BCUT2D eigenvalue weighted by atomic mass is 10.1. The summed E-state index contributed by atoms with van der Waals surface area (Å²) in [5.74, 6) is 1.14. The van der Waals surface area contributed by atoms with Gasteiger partial charge in [-0.2, -0.15) is 4.98 Å². The summed E-state index contributed by atoms with van der Waals surface area (Å²) in [4.78, 5) is 11.1. The fourth-order valence-electron chi connectivity index (χ4n) is 4.53. The number of ether oxygens (including phenoxy) is 1. The molecule has 1 saturated carbocycles. The summed E-state index contributed by atoms with van der Waals surface area (Å²) in [7, 11) is 1.49. The van der Waals surface area contributed by atoms with Crippen LogP contribution in [-0.4, -0.2) is 53.7 Å². The van der Waals surface area contributed by atoms with Crippen molar-refractivity contribution in [3.05, 3.63) is 41.4 Å². The monoisotopic (exact) mass is 396 g/mol. The maximum atomic E-state index is 14.2. The van der Waals surface area contributed by atoms with E-state index in [0.717, 1.165) is 32.6 Å². The smallest absolute Gasteiger partial charge is 0.222 e. The second-order valence-electron chi connectivity index (χ2n) is 8.25. The molecule has 0 spiro atoms. The molecule has 29 heavy (non-hydrogen) atoms. The summed E-state index contributed by atoms with van der Waals surface area (Å²) < 4.78 is 19.5. The second kappa shape index (κ2) is 6.59. The van der Waals surface area contributed by atoms with Gasteiger partial charge in [0.25, 0.3) is 0 Å². The van der Waals surface area contributed by atoms with Crippen LogP contribution in [0.2, 0.25) is 0 Å². The Morgan fingerprint density at radius 1 is 1.38 bits per heavy atom. The van der Waals surface area contributed by atoms with E-state index in [1.54, 1.807) is 0 Å². The fraction of sp³-hybridized carbons (Fsp3) is 0.429. The first-order valence-corrected chi connectivity index (χ1v) is 9.91. The van der Waals surface area contributed by atoms with Gasteiger partial charge in [0.15, 0.2) is 0 Å². The standard InChI is InChI=1S/C21H25FN6O/c1-12-8-21(12,11-28-9-13-4-3-5-24-16(13)10-28)27-19-15-6-14(22)7-17(29-2)18(15)25-20(23)26-19/h3-4,6-7,12,24H,5,8-11H2,1-2H3,(H3,23,25,26,27)/t12?,21-/m1/s1. The molecule has 3 heterocycles. The predicted octanol–water partition coefficient (Wildman–Crippen LogP) is 2.28. The first kappa shape index (κ1) is 18.2. The van der Waals surface area contributed by atoms with E-state index in [0.29, 0.717) is 28.4 Å². The van der Waals surface area contributed by atoms with Gasteiger partial charge in [0.1, 0.15) is 22.9 Å². The molecule has 0 radical (unpaired) electrons. The molecule has 1 aliphatic carbocycles. The molecule has 0 amide bonds. The van der Waals surface area contributed by atoms with Crippen LogP contribution in [0, 0.1) is 11.7 Å². The molecule has 1 unspecified atom stereocenters. The third-order valence-electron chi connectivity index (χ3n) is 6.21. The highest BCUT2D eigenvalue weighted by Crippen LogP contribution is 2.47. The predicted molar refractivity (Wildman–Crippen MR) is 111 cm³/mol.